The molecule has 0 radical (unpaired) electrons. The zero-order valence-electron chi connectivity index (χ0n) is 44.9. The summed E-state index contributed by atoms with van der Waals surface area (Å²) in [5.74, 6) is 0. The number of ether oxygens (including phenoxy) is 12. The van der Waals surface area contributed by atoms with Gasteiger partial charge in [0.05, 0.1) is 0 Å². The fourth-order valence-electron chi connectivity index (χ4n) is 10.4. The average Bonchev–Trinajstić information content (AvgIpc) is 3.91. The van der Waals surface area contributed by atoms with Crippen molar-refractivity contribution in [1.29, 1.82) is 0 Å². The molecule has 12 nitrogen and oxygen atoms in total. The molecule has 414 valence electrons. The van der Waals surface area contributed by atoms with Gasteiger partial charge in [-0.2, -0.15) is 0 Å². The van der Waals surface area contributed by atoms with E-state index < -0.39 is 67.7 Å². The summed E-state index contributed by atoms with van der Waals surface area (Å²) >= 11 is -0.0857. The molecule has 13 atom stereocenters. The van der Waals surface area contributed by atoms with Crippen LogP contribution in [-0.4, -0.2) is 110 Å². The van der Waals surface area contributed by atoms with Crippen LogP contribution in [0.15, 0.2) is 212 Å². The van der Waals surface area contributed by atoms with Gasteiger partial charge in [0.15, 0.2) is 0 Å². The van der Waals surface area contributed by atoms with Gasteiger partial charge in [0.1, 0.15) is 0 Å². The number of rotatable bonds is 27. The van der Waals surface area contributed by atoms with Crippen molar-refractivity contribution >= 4 is 19.4 Å². The minimum atomic E-state index is -0.807. The van der Waals surface area contributed by atoms with Gasteiger partial charge < -0.3 is 0 Å². The van der Waals surface area contributed by atoms with Crippen LogP contribution >= 0.6 is 0 Å². The Bertz CT molecular complexity index is 2770. The summed E-state index contributed by atoms with van der Waals surface area (Å²) in [5, 5.41) is 0. The van der Waals surface area contributed by atoms with E-state index >= 15 is 0 Å². The minimum absolute atomic E-state index is 0.0398. The predicted octanol–water partition coefficient (Wildman–Crippen LogP) is 10.6. The molecule has 7 aromatic carbocycles. The third kappa shape index (κ3) is 16.2. The second-order valence-electron chi connectivity index (χ2n) is 20.0. The van der Waals surface area contributed by atoms with Crippen LogP contribution in [-0.2, 0) is 96.5 Å². The van der Waals surface area contributed by atoms with Gasteiger partial charge in [-0.05, 0) is 0 Å². The van der Waals surface area contributed by atoms with Gasteiger partial charge in [-0.25, -0.2) is 0 Å². The van der Waals surface area contributed by atoms with Gasteiger partial charge in [-0.1, -0.05) is 24.3 Å². The SMILES string of the molecule is CO[C@H]1O[C@H](COCc2ccccc2)[C@@H](O[C@H]2O[C@@H](CC3O[C@H](OC)[C@H](OCc4ccccc4)[C@@H](OCc4ccccc4)[C@@H]3OCc3ccccc3)C[C@@H]2[Se]c2ccccc2)[C@H](OCc2ccccc2)[C@H]1OCc1ccccc1. The first-order chi connectivity index (χ1) is 39.1. The van der Waals surface area contributed by atoms with Gasteiger partial charge in [0, 0.05) is 0 Å². The zero-order valence-corrected chi connectivity index (χ0v) is 46.6. The van der Waals surface area contributed by atoms with Crippen molar-refractivity contribution in [1.82, 2.24) is 0 Å². The molecule has 0 N–H and O–H groups in total. The van der Waals surface area contributed by atoms with Gasteiger partial charge in [-0.3, -0.25) is 0 Å². The molecular formula is C66H72O12Se. The summed E-state index contributed by atoms with van der Waals surface area (Å²) in [6.07, 6.45) is -6.64. The van der Waals surface area contributed by atoms with Gasteiger partial charge in [-0.15, -0.1) is 0 Å². The molecule has 3 aliphatic rings. The topological polar surface area (TPSA) is 111 Å². The molecule has 79 heavy (non-hydrogen) atoms. The summed E-state index contributed by atoms with van der Waals surface area (Å²) < 4.78 is 83.6. The van der Waals surface area contributed by atoms with Crippen molar-refractivity contribution in [3.05, 3.63) is 246 Å². The van der Waals surface area contributed by atoms with E-state index in [1.54, 1.807) is 14.2 Å². The maximum atomic E-state index is 7.51. The predicted molar refractivity (Wildman–Crippen MR) is 301 cm³/mol. The number of hydrogen-bond donors (Lipinski definition) is 0. The summed E-state index contributed by atoms with van der Waals surface area (Å²) in [6.45, 7) is 2.14. The van der Waals surface area contributed by atoms with Gasteiger partial charge in [0.25, 0.3) is 0 Å². The van der Waals surface area contributed by atoms with E-state index in [1.165, 1.54) is 4.46 Å². The first-order valence-corrected chi connectivity index (χ1v) is 29.2. The molecule has 0 aromatic heterocycles. The monoisotopic (exact) mass is 1140 g/mol. The molecule has 0 aliphatic carbocycles. The Morgan fingerprint density at radius 1 is 0.367 bits per heavy atom. The zero-order chi connectivity index (χ0) is 53.9. The second-order valence-corrected chi connectivity index (χ2v) is 22.8. The molecule has 1 unspecified atom stereocenters. The molecule has 3 heterocycles. The van der Waals surface area contributed by atoms with Gasteiger partial charge in [0.2, 0.25) is 0 Å². The van der Waals surface area contributed by atoms with Crippen molar-refractivity contribution in [3.63, 3.8) is 0 Å². The fourth-order valence-corrected chi connectivity index (χ4v) is 13.0. The first-order valence-electron chi connectivity index (χ1n) is 27.3. The molecule has 10 rings (SSSR count). The van der Waals surface area contributed by atoms with Crippen LogP contribution in [0, 0.1) is 0 Å². The molecule has 0 spiro atoms. The van der Waals surface area contributed by atoms with Crippen molar-refractivity contribution in [3.8, 4) is 0 Å². The van der Waals surface area contributed by atoms with Crippen molar-refractivity contribution in [2.45, 2.75) is 131 Å². The third-order valence-corrected chi connectivity index (χ3v) is 17.1. The number of hydrogen-bond acceptors (Lipinski definition) is 12. The van der Waals surface area contributed by atoms with Crippen LogP contribution < -0.4 is 4.46 Å². The van der Waals surface area contributed by atoms with Crippen LogP contribution in [0.3, 0.4) is 0 Å². The molecule has 3 fully saturated rings. The Morgan fingerprint density at radius 3 is 1.14 bits per heavy atom. The van der Waals surface area contributed by atoms with Crippen molar-refractivity contribution < 1.29 is 56.8 Å². The molecule has 0 amide bonds. The standard InChI is InChI=1S/C66H72O12Se/c1-67-65-62(73-44-51-32-18-7-19-33-51)60(71-42-49-28-14-5-15-29-49)58(70-41-48-26-12-4-13-27-48)55(76-65)38-53-39-57(79-54-36-22-9-23-37-54)64(75-53)78-59-56(46-69-40-47-24-10-3-11-25-47)77-66(68-2)63(74-45-52-34-20-8-21-35-52)61(59)72-43-50-30-16-6-17-31-50/h3-37,53,55-66H,38-46H2,1-2H3/t53-,55?,56+,57-,58+,59+,60-,61-,62+,63+,64+,65-,66-/m0/s1. The molecule has 0 bridgehead atoms. The Morgan fingerprint density at radius 2 is 0.722 bits per heavy atom. The Hall–Kier alpha value is -5.42. The van der Waals surface area contributed by atoms with Crippen molar-refractivity contribution in [2.24, 2.45) is 0 Å². The van der Waals surface area contributed by atoms with E-state index in [0.29, 0.717) is 52.5 Å². The van der Waals surface area contributed by atoms with E-state index in [0.717, 1.165) is 33.4 Å². The average molecular weight is 1140 g/mol. The Labute approximate surface area is 471 Å². The number of benzene rings is 7. The first kappa shape index (κ1) is 56.8. The molecule has 7 aromatic rings. The summed E-state index contributed by atoms with van der Waals surface area (Å²) in [5.41, 5.74) is 6.13. The van der Waals surface area contributed by atoms with Crippen LogP contribution in [0.4, 0.5) is 0 Å². The Balaban J connectivity index is 0.969. The fraction of sp³-hybridized carbons (Fsp3) is 0.364. The molecule has 13 heteroatoms. The summed E-state index contributed by atoms with van der Waals surface area (Å²) in [7, 11) is 3.29. The van der Waals surface area contributed by atoms with E-state index in [1.807, 2.05) is 152 Å². The Kier molecular flexibility index (Phi) is 21.5. The third-order valence-electron chi connectivity index (χ3n) is 14.4. The van der Waals surface area contributed by atoms with E-state index in [-0.39, 0.29) is 32.5 Å². The summed E-state index contributed by atoms with van der Waals surface area (Å²) in [6, 6.07) is 71.4. The van der Waals surface area contributed by atoms with Crippen molar-refractivity contribution in [2.75, 3.05) is 20.8 Å². The van der Waals surface area contributed by atoms with E-state index in [2.05, 4.69) is 60.7 Å². The number of methoxy groups -OCH3 is 2. The molecule has 3 aliphatic heterocycles. The molecule has 3 saturated heterocycles. The summed E-state index contributed by atoms with van der Waals surface area (Å²) in [4.78, 5) is -0.0398. The normalized spacial score (nSPS) is 26.9. The molecular weight excluding hydrogens is 1060 g/mol. The van der Waals surface area contributed by atoms with E-state index in [9.17, 15) is 0 Å². The van der Waals surface area contributed by atoms with Crippen LogP contribution in [0.1, 0.15) is 46.2 Å². The van der Waals surface area contributed by atoms with Crippen LogP contribution in [0.25, 0.3) is 0 Å². The van der Waals surface area contributed by atoms with Gasteiger partial charge >= 0.3 is 450 Å². The quantitative estimate of drug-likeness (QED) is 0.0457. The second kappa shape index (κ2) is 29.9. The van der Waals surface area contributed by atoms with Crippen LogP contribution in [0.5, 0.6) is 0 Å². The maximum absolute atomic E-state index is 7.51. The van der Waals surface area contributed by atoms with Crippen LogP contribution in [0.2, 0.25) is 4.82 Å². The molecule has 0 saturated carbocycles. The van der Waals surface area contributed by atoms with E-state index in [4.69, 9.17) is 56.8 Å².